The highest BCUT2D eigenvalue weighted by Gasteiger charge is 2.10. The van der Waals surface area contributed by atoms with Gasteiger partial charge in [-0.2, -0.15) is 0 Å². The second-order valence-corrected chi connectivity index (χ2v) is 7.71. The number of hydrogen-bond donors (Lipinski definition) is 3. The Hall–Kier alpha value is -0.630. The third-order valence-corrected chi connectivity index (χ3v) is 3.93. The number of nitrogens with two attached hydrogens (primary N) is 1. The minimum atomic E-state index is -3.66. The first-order chi connectivity index (χ1) is 8.59. The average molecular weight is 350 g/mol. The lowest BCUT2D eigenvalue weighted by Gasteiger charge is -2.21. The molecule has 0 atom stereocenters. The molecule has 0 amide bonds. The maximum absolute atomic E-state index is 11.2. The molecule has 0 aliphatic rings. The van der Waals surface area contributed by atoms with E-state index >= 15 is 0 Å². The number of sulfonamides is 1. The first kappa shape index (κ1) is 16.4. The molecule has 0 aliphatic carbocycles. The summed E-state index contributed by atoms with van der Waals surface area (Å²) in [5, 5.41) is 11.6. The summed E-state index contributed by atoms with van der Waals surface area (Å²) in [6.07, 6.45) is 0. The molecule has 0 aromatic heterocycles. The van der Waals surface area contributed by atoms with Crippen LogP contribution in [0.4, 0.5) is 5.69 Å². The van der Waals surface area contributed by atoms with Crippen molar-refractivity contribution in [1.29, 1.82) is 0 Å². The zero-order valence-corrected chi connectivity index (χ0v) is 13.7. The largest absolute Gasteiger partial charge is 0.383 e. The molecule has 1 aromatic rings. The van der Waals surface area contributed by atoms with Crippen molar-refractivity contribution in [3.8, 4) is 0 Å². The van der Waals surface area contributed by atoms with Crippen LogP contribution in [0.1, 0.15) is 20.8 Å². The average Bonchev–Trinajstić information content (AvgIpc) is 2.23. The highest BCUT2D eigenvalue weighted by molar-refractivity contribution is 9.10. The zero-order chi connectivity index (χ0) is 14.7. The van der Waals surface area contributed by atoms with Gasteiger partial charge in [0.05, 0.1) is 4.90 Å². The first-order valence-electron chi connectivity index (χ1n) is 5.91. The summed E-state index contributed by atoms with van der Waals surface area (Å²) in [6.45, 7) is 7.86. The highest BCUT2D eigenvalue weighted by Crippen LogP contribution is 2.24. The van der Waals surface area contributed by atoms with Crippen LogP contribution in [0.3, 0.4) is 0 Å². The fourth-order valence-corrected chi connectivity index (χ4v) is 2.66. The monoisotopic (exact) mass is 349 g/mol. The Kier molecular flexibility index (Phi) is 5.37. The van der Waals surface area contributed by atoms with E-state index in [9.17, 15) is 8.42 Å². The Morgan fingerprint density at radius 3 is 2.37 bits per heavy atom. The minimum absolute atomic E-state index is 0.0798. The third-order valence-electron chi connectivity index (χ3n) is 2.36. The van der Waals surface area contributed by atoms with Gasteiger partial charge in [0, 0.05) is 28.8 Å². The van der Waals surface area contributed by atoms with E-state index in [2.05, 4.69) is 47.3 Å². The predicted molar refractivity (Wildman–Crippen MR) is 81.8 cm³/mol. The molecule has 0 heterocycles. The van der Waals surface area contributed by atoms with Gasteiger partial charge in [0.15, 0.2) is 0 Å². The maximum Gasteiger partial charge on any atom is 0.238 e. The molecule has 5 nitrogen and oxygen atoms in total. The van der Waals surface area contributed by atoms with Crippen molar-refractivity contribution in [2.45, 2.75) is 31.2 Å². The summed E-state index contributed by atoms with van der Waals surface area (Å²) in [6, 6.07) is 4.68. The molecule has 1 rings (SSSR count). The quantitative estimate of drug-likeness (QED) is 0.708. The number of anilines is 1. The van der Waals surface area contributed by atoms with E-state index in [0.29, 0.717) is 4.47 Å². The fourth-order valence-electron chi connectivity index (χ4n) is 1.45. The first-order valence-corrected chi connectivity index (χ1v) is 8.25. The van der Waals surface area contributed by atoms with E-state index in [1.165, 1.54) is 12.1 Å². The van der Waals surface area contributed by atoms with E-state index < -0.39 is 10.0 Å². The standard InChI is InChI=1S/C12H20BrN3O2S/c1-12(2,3)16-7-6-15-11-5-4-9(8-10(11)13)19(14,17)18/h4-5,8,15-16H,6-7H2,1-3H3,(H2,14,17,18). The molecule has 0 saturated carbocycles. The van der Waals surface area contributed by atoms with Gasteiger partial charge in [-0.15, -0.1) is 0 Å². The molecule has 0 bridgehead atoms. The van der Waals surface area contributed by atoms with Crippen molar-refractivity contribution in [3.05, 3.63) is 22.7 Å². The lowest BCUT2D eigenvalue weighted by atomic mass is 10.1. The summed E-state index contributed by atoms with van der Waals surface area (Å²) in [4.78, 5) is 0.0951. The van der Waals surface area contributed by atoms with Crippen LogP contribution in [0.5, 0.6) is 0 Å². The van der Waals surface area contributed by atoms with E-state index in [4.69, 9.17) is 5.14 Å². The smallest absolute Gasteiger partial charge is 0.238 e. The fraction of sp³-hybridized carbons (Fsp3) is 0.500. The lowest BCUT2D eigenvalue weighted by molar-refractivity contribution is 0.435. The van der Waals surface area contributed by atoms with Crippen molar-refractivity contribution in [2.24, 2.45) is 5.14 Å². The molecule has 0 radical (unpaired) electrons. The predicted octanol–water partition coefficient (Wildman–Crippen LogP) is 1.90. The van der Waals surface area contributed by atoms with Crippen LogP contribution in [-0.2, 0) is 10.0 Å². The number of benzene rings is 1. The van der Waals surface area contributed by atoms with Crippen molar-refractivity contribution < 1.29 is 8.42 Å². The van der Waals surface area contributed by atoms with Crippen molar-refractivity contribution in [2.75, 3.05) is 18.4 Å². The Bertz CT molecular complexity index is 538. The number of halogens is 1. The van der Waals surface area contributed by atoms with Crippen LogP contribution >= 0.6 is 15.9 Å². The summed E-state index contributed by atoms with van der Waals surface area (Å²) >= 11 is 3.33. The number of hydrogen-bond acceptors (Lipinski definition) is 4. The van der Waals surface area contributed by atoms with Crippen molar-refractivity contribution in [1.82, 2.24) is 5.32 Å². The van der Waals surface area contributed by atoms with E-state index in [-0.39, 0.29) is 10.4 Å². The maximum atomic E-state index is 11.2. The molecule has 0 saturated heterocycles. The Morgan fingerprint density at radius 2 is 1.89 bits per heavy atom. The Morgan fingerprint density at radius 1 is 1.26 bits per heavy atom. The molecule has 0 unspecified atom stereocenters. The second kappa shape index (κ2) is 6.21. The van der Waals surface area contributed by atoms with E-state index in [1.807, 2.05) is 0 Å². The molecule has 108 valence electrons. The number of rotatable bonds is 5. The van der Waals surface area contributed by atoms with E-state index in [1.54, 1.807) is 6.07 Å². The van der Waals surface area contributed by atoms with Gasteiger partial charge in [0.25, 0.3) is 0 Å². The highest BCUT2D eigenvalue weighted by atomic mass is 79.9. The van der Waals surface area contributed by atoms with Gasteiger partial charge in [-0.1, -0.05) is 0 Å². The van der Waals surface area contributed by atoms with Gasteiger partial charge < -0.3 is 10.6 Å². The third kappa shape index (κ3) is 5.90. The van der Waals surface area contributed by atoms with Crippen LogP contribution in [0, 0.1) is 0 Å². The topological polar surface area (TPSA) is 84.2 Å². The summed E-state index contributed by atoms with van der Waals surface area (Å²) in [5.41, 5.74) is 0.916. The molecule has 0 fully saturated rings. The zero-order valence-electron chi connectivity index (χ0n) is 11.3. The van der Waals surface area contributed by atoms with Gasteiger partial charge in [-0.3, -0.25) is 0 Å². The van der Waals surface area contributed by atoms with Crippen LogP contribution in [-0.4, -0.2) is 27.0 Å². The van der Waals surface area contributed by atoms with Crippen LogP contribution in [0.15, 0.2) is 27.6 Å². The molecule has 4 N–H and O–H groups in total. The van der Waals surface area contributed by atoms with E-state index in [0.717, 1.165) is 18.8 Å². The minimum Gasteiger partial charge on any atom is -0.383 e. The SMILES string of the molecule is CC(C)(C)NCCNc1ccc(S(N)(=O)=O)cc1Br. The summed E-state index contributed by atoms with van der Waals surface area (Å²) in [5.74, 6) is 0. The van der Waals surface area contributed by atoms with Crippen LogP contribution in [0.2, 0.25) is 0 Å². The molecule has 7 heteroatoms. The Balaban J connectivity index is 2.61. The Labute approximate surface area is 123 Å². The molecule has 0 spiro atoms. The van der Waals surface area contributed by atoms with Crippen molar-refractivity contribution >= 4 is 31.6 Å². The van der Waals surface area contributed by atoms with Crippen LogP contribution in [0.25, 0.3) is 0 Å². The lowest BCUT2D eigenvalue weighted by Crippen LogP contribution is -2.38. The van der Waals surface area contributed by atoms with Crippen LogP contribution < -0.4 is 15.8 Å². The number of primary sulfonamides is 1. The molecule has 1 aromatic carbocycles. The summed E-state index contributed by atoms with van der Waals surface area (Å²) in [7, 11) is -3.66. The summed E-state index contributed by atoms with van der Waals surface area (Å²) < 4.78 is 23.1. The normalized spacial score (nSPS) is 12.5. The van der Waals surface area contributed by atoms with Crippen molar-refractivity contribution in [3.63, 3.8) is 0 Å². The second-order valence-electron chi connectivity index (χ2n) is 5.29. The molecular formula is C12H20BrN3O2S. The molecular weight excluding hydrogens is 330 g/mol. The van der Waals surface area contributed by atoms with Gasteiger partial charge >= 0.3 is 0 Å². The van der Waals surface area contributed by atoms with Gasteiger partial charge in [0.2, 0.25) is 10.0 Å². The van der Waals surface area contributed by atoms with Gasteiger partial charge in [-0.05, 0) is 54.9 Å². The molecule has 0 aliphatic heterocycles. The van der Waals surface area contributed by atoms with Gasteiger partial charge in [0.1, 0.15) is 0 Å². The van der Waals surface area contributed by atoms with Gasteiger partial charge in [-0.25, -0.2) is 13.6 Å². The molecule has 19 heavy (non-hydrogen) atoms. The number of nitrogens with one attached hydrogen (secondary N) is 2.